The Balaban J connectivity index is 2.01. The minimum Gasteiger partial charge on any atom is -0.378 e. The van der Waals surface area contributed by atoms with Gasteiger partial charge in [-0.3, -0.25) is 4.98 Å². The molecule has 0 spiro atoms. The summed E-state index contributed by atoms with van der Waals surface area (Å²) < 4.78 is 1.33. The summed E-state index contributed by atoms with van der Waals surface area (Å²) in [5.41, 5.74) is 0.682. The Kier molecular flexibility index (Phi) is 3.84. The van der Waals surface area contributed by atoms with Crippen LogP contribution in [0, 0.1) is 0 Å². The first kappa shape index (κ1) is 12.4. The van der Waals surface area contributed by atoms with Gasteiger partial charge in [-0.25, -0.2) is 9.48 Å². The Hall–Kier alpha value is -2.01. The zero-order valence-electron chi connectivity index (χ0n) is 9.69. The number of allylic oxidation sites excluding steroid dienone is 1. The second-order valence-electron chi connectivity index (χ2n) is 3.71. The largest absolute Gasteiger partial charge is 0.378 e. The molecule has 1 aromatic carbocycles. The molecule has 18 heavy (non-hydrogen) atoms. The quantitative estimate of drug-likeness (QED) is 0.812. The smallest absolute Gasteiger partial charge is 0.343 e. The molecule has 0 saturated carbocycles. The number of anilines is 1. The van der Waals surface area contributed by atoms with Crippen molar-refractivity contribution in [3.8, 4) is 0 Å². The molecule has 94 valence electrons. The van der Waals surface area contributed by atoms with E-state index in [0.717, 1.165) is 5.69 Å². The molecule has 1 heterocycles. The first-order chi connectivity index (χ1) is 8.69. The van der Waals surface area contributed by atoms with Crippen molar-refractivity contribution in [2.75, 3.05) is 5.32 Å². The van der Waals surface area contributed by atoms with Crippen LogP contribution in [0.25, 0.3) is 0 Å². The fourth-order valence-corrected chi connectivity index (χ4v) is 1.61. The van der Waals surface area contributed by atoms with E-state index >= 15 is 0 Å². The number of benzene rings is 1. The van der Waals surface area contributed by atoms with Crippen LogP contribution >= 0.6 is 11.6 Å². The third-order valence-electron chi connectivity index (χ3n) is 2.33. The van der Waals surface area contributed by atoms with Crippen molar-refractivity contribution < 1.29 is 0 Å². The van der Waals surface area contributed by atoms with Crippen LogP contribution in [-0.2, 0) is 13.1 Å². The van der Waals surface area contributed by atoms with Gasteiger partial charge in [0.15, 0.2) is 0 Å². The van der Waals surface area contributed by atoms with E-state index in [1.807, 2.05) is 12.1 Å². The number of hydrogen-bond acceptors (Lipinski definition) is 3. The molecule has 2 aromatic rings. The van der Waals surface area contributed by atoms with E-state index in [2.05, 4.69) is 22.0 Å². The molecule has 0 atom stereocenters. The third kappa shape index (κ3) is 3.01. The van der Waals surface area contributed by atoms with Crippen LogP contribution in [0.1, 0.15) is 5.82 Å². The van der Waals surface area contributed by atoms with Crippen molar-refractivity contribution >= 4 is 17.3 Å². The fourth-order valence-electron chi connectivity index (χ4n) is 1.48. The Labute approximate surface area is 109 Å². The topological polar surface area (TPSA) is 62.7 Å². The molecule has 2 N–H and O–H groups in total. The van der Waals surface area contributed by atoms with Crippen molar-refractivity contribution in [1.29, 1.82) is 0 Å². The van der Waals surface area contributed by atoms with Crippen LogP contribution in [0.3, 0.4) is 0 Å². The predicted octanol–water partition coefficient (Wildman–Crippen LogP) is 2.02. The number of H-pyrrole nitrogens is 1. The molecule has 0 aliphatic rings. The van der Waals surface area contributed by atoms with Crippen molar-refractivity contribution in [3.63, 3.8) is 0 Å². The number of nitrogens with one attached hydrogen (secondary N) is 2. The van der Waals surface area contributed by atoms with E-state index in [-0.39, 0.29) is 5.69 Å². The van der Waals surface area contributed by atoms with Crippen molar-refractivity contribution in [3.05, 3.63) is 58.3 Å². The number of hydrogen-bond donors (Lipinski definition) is 2. The van der Waals surface area contributed by atoms with Crippen molar-refractivity contribution in [1.82, 2.24) is 14.8 Å². The molecule has 2 rings (SSSR count). The average Bonchev–Trinajstić information content (AvgIpc) is 2.70. The van der Waals surface area contributed by atoms with Crippen LogP contribution in [0.2, 0.25) is 5.02 Å². The maximum absolute atomic E-state index is 11.4. The summed E-state index contributed by atoms with van der Waals surface area (Å²) in [4.78, 5) is 14.1. The normalized spacial score (nSPS) is 10.3. The van der Waals surface area contributed by atoms with Gasteiger partial charge in [0.2, 0.25) is 0 Å². The number of halogens is 1. The highest BCUT2D eigenvalue weighted by molar-refractivity contribution is 6.30. The first-order valence-corrected chi connectivity index (χ1v) is 5.83. The van der Waals surface area contributed by atoms with Crippen molar-refractivity contribution in [2.45, 2.75) is 13.1 Å². The molecular weight excluding hydrogens is 252 g/mol. The predicted molar refractivity (Wildman–Crippen MR) is 71.8 cm³/mol. The summed E-state index contributed by atoms with van der Waals surface area (Å²) >= 11 is 5.79. The summed E-state index contributed by atoms with van der Waals surface area (Å²) in [5, 5.41) is 7.95. The maximum atomic E-state index is 11.4. The van der Waals surface area contributed by atoms with Gasteiger partial charge in [-0.1, -0.05) is 17.7 Å². The Morgan fingerprint density at radius 3 is 2.83 bits per heavy atom. The second kappa shape index (κ2) is 5.55. The van der Waals surface area contributed by atoms with Gasteiger partial charge in [0.1, 0.15) is 5.82 Å². The number of aromatic nitrogens is 3. The summed E-state index contributed by atoms with van der Waals surface area (Å²) in [7, 11) is 0. The van der Waals surface area contributed by atoms with E-state index in [1.54, 1.807) is 18.2 Å². The molecule has 0 aliphatic carbocycles. The zero-order chi connectivity index (χ0) is 13.0. The summed E-state index contributed by atoms with van der Waals surface area (Å²) in [6.45, 7) is 4.41. The van der Waals surface area contributed by atoms with Gasteiger partial charge in [0.25, 0.3) is 0 Å². The van der Waals surface area contributed by atoms with Crippen LogP contribution in [0.15, 0.2) is 41.7 Å². The van der Waals surface area contributed by atoms with Gasteiger partial charge in [-0.15, -0.1) is 6.58 Å². The first-order valence-electron chi connectivity index (χ1n) is 5.45. The lowest BCUT2D eigenvalue weighted by molar-refractivity contribution is 0.665. The molecule has 5 nitrogen and oxygen atoms in total. The summed E-state index contributed by atoms with van der Waals surface area (Å²) in [6, 6.07) is 7.31. The highest BCUT2D eigenvalue weighted by Crippen LogP contribution is 2.13. The summed E-state index contributed by atoms with van der Waals surface area (Å²) in [5.74, 6) is 0.580. The fraction of sp³-hybridized carbons (Fsp3) is 0.167. The lowest BCUT2D eigenvalue weighted by Crippen LogP contribution is -2.16. The molecular formula is C12H13ClN4O. The van der Waals surface area contributed by atoms with E-state index in [0.29, 0.717) is 23.9 Å². The van der Waals surface area contributed by atoms with Crippen LogP contribution in [0.4, 0.5) is 5.69 Å². The maximum Gasteiger partial charge on any atom is 0.343 e. The molecule has 0 fully saturated rings. The van der Waals surface area contributed by atoms with Crippen LogP contribution < -0.4 is 11.0 Å². The Morgan fingerprint density at radius 2 is 2.17 bits per heavy atom. The molecule has 1 aromatic heterocycles. The third-order valence-corrected chi connectivity index (χ3v) is 2.59. The van der Waals surface area contributed by atoms with Crippen LogP contribution in [0.5, 0.6) is 0 Å². The lowest BCUT2D eigenvalue weighted by Gasteiger charge is -2.03. The summed E-state index contributed by atoms with van der Waals surface area (Å²) in [6.07, 6.45) is 1.62. The lowest BCUT2D eigenvalue weighted by atomic mass is 10.3. The SMILES string of the molecule is C=CCn1nc(CNc2ccc(Cl)cc2)[nH]c1=O. The van der Waals surface area contributed by atoms with E-state index < -0.39 is 0 Å². The second-order valence-corrected chi connectivity index (χ2v) is 4.14. The molecule has 0 aliphatic heterocycles. The van der Waals surface area contributed by atoms with Gasteiger partial charge < -0.3 is 5.32 Å². The molecule has 0 bridgehead atoms. The van der Waals surface area contributed by atoms with E-state index in [9.17, 15) is 4.79 Å². The highest BCUT2D eigenvalue weighted by atomic mass is 35.5. The molecule has 0 radical (unpaired) electrons. The minimum atomic E-state index is -0.234. The standard InChI is InChI=1S/C12H13ClN4O/c1-2-7-17-12(18)15-11(16-17)8-14-10-5-3-9(13)4-6-10/h2-6,14H,1,7-8H2,(H,15,16,18). The molecule has 0 unspecified atom stereocenters. The van der Waals surface area contributed by atoms with E-state index in [4.69, 9.17) is 11.6 Å². The van der Waals surface area contributed by atoms with Crippen LogP contribution in [-0.4, -0.2) is 14.8 Å². The molecule has 6 heteroatoms. The van der Waals surface area contributed by atoms with Crippen molar-refractivity contribution in [2.24, 2.45) is 0 Å². The average molecular weight is 265 g/mol. The zero-order valence-corrected chi connectivity index (χ0v) is 10.4. The van der Waals surface area contributed by atoms with Gasteiger partial charge in [-0.05, 0) is 24.3 Å². The number of aromatic amines is 1. The molecule has 0 amide bonds. The number of nitrogens with zero attached hydrogens (tertiary/aromatic N) is 2. The van der Waals surface area contributed by atoms with Gasteiger partial charge >= 0.3 is 5.69 Å². The van der Waals surface area contributed by atoms with E-state index in [1.165, 1.54) is 4.68 Å². The minimum absolute atomic E-state index is 0.234. The Bertz CT molecular complexity index is 585. The molecule has 0 saturated heterocycles. The van der Waals surface area contributed by atoms with Gasteiger partial charge in [-0.2, -0.15) is 5.10 Å². The highest BCUT2D eigenvalue weighted by Gasteiger charge is 2.03. The van der Waals surface area contributed by atoms with Gasteiger partial charge in [0.05, 0.1) is 13.1 Å². The Morgan fingerprint density at radius 1 is 1.44 bits per heavy atom. The number of rotatable bonds is 5. The monoisotopic (exact) mass is 264 g/mol. The van der Waals surface area contributed by atoms with Gasteiger partial charge in [0, 0.05) is 10.7 Å².